The highest BCUT2D eigenvalue weighted by atomic mass is 35.5. The summed E-state index contributed by atoms with van der Waals surface area (Å²) >= 11 is 0. The van der Waals surface area contributed by atoms with Crippen molar-refractivity contribution in [3.8, 4) is 0 Å². The molecule has 26 heavy (non-hydrogen) atoms. The quantitative estimate of drug-likeness (QED) is 0.681. The SMILES string of the molecule is CC(NC(=O)c1n[nH]c2ccccc12)C(=O)N(C)CCC(N)C(C)C.Cl. The minimum Gasteiger partial charge on any atom is -0.344 e. The van der Waals surface area contributed by atoms with Crippen LogP contribution in [0.25, 0.3) is 10.9 Å². The molecule has 7 nitrogen and oxygen atoms in total. The Balaban J connectivity index is 0.00000338. The Morgan fingerprint density at radius 3 is 2.58 bits per heavy atom. The van der Waals surface area contributed by atoms with Gasteiger partial charge < -0.3 is 16.0 Å². The van der Waals surface area contributed by atoms with E-state index in [1.807, 2.05) is 24.3 Å². The van der Waals surface area contributed by atoms with Crippen LogP contribution in [-0.4, -0.2) is 52.6 Å². The van der Waals surface area contributed by atoms with Crippen molar-refractivity contribution >= 4 is 35.1 Å². The predicted molar refractivity (Wildman–Crippen MR) is 105 cm³/mol. The summed E-state index contributed by atoms with van der Waals surface area (Å²) in [5, 5.41) is 10.3. The first-order valence-corrected chi connectivity index (χ1v) is 8.55. The molecule has 0 saturated heterocycles. The molecule has 0 aliphatic carbocycles. The van der Waals surface area contributed by atoms with Crippen molar-refractivity contribution in [2.45, 2.75) is 39.3 Å². The van der Waals surface area contributed by atoms with Crippen LogP contribution in [0.2, 0.25) is 0 Å². The second-order valence-corrected chi connectivity index (χ2v) is 6.77. The van der Waals surface area contributed by atoms with Crippen LogP contribution < -0.4 is 11.1 Å². The van der Waals surface area contributed by atoms with E-state index in [4.69, 9.17) is 5.73 Å². The van der Waals surface area contributed by atoms with Crippen LogP contribution in [0.15, 0.2) is 24.3 Å². The van der Waals surface area contributed by atoms with E-state index in [2.05, 4.69) is 29.4 Å². The lowest BCUT2D eigenvalue weighted by molar-refractivity contribution is -0.131. The molecule has 0 saturated carbocycles. The number of carbonyl (C=O) groups is 2. The maximum Gasteiger partial charge on any atom is 0.273 e. The topological polar surface area (TPSA) is 104 Å². The summed E-state index contributed by atoms with van der Waals surface area (Å²) in [6, 6.07) is 6.79. The minimum absolute atomic E-state index is 0. The van der Waals surface area contributed by atoms with Crippen LogP contribution in [-0.2, 0) is 4.79 Å². The van der Waals surface area contributed by atoms with Gasteiger partial charge in [0.25, 0.3) is 5.91 Å². The first-order chi connectivity index (χ1) is 11.8. The zero-order chi connectivity index (χ0) is 18.6. The summed E-state index contributed by atoms with van der Waals surface area (Å²) in [5.41, 5.74) is 7.09. The van der Waals surface area contributed by atoms with E-state index in [9.17, 15) is 9.59 Å². The number of hydrogen-bond acceptors (Lipinski definition) is 4. The summed E-state index contributed by atoms with van der Waals surface area (Å²) < 4.78 is 0. The summed E-state index contributed by atoms with van der Waals surface area (Å²) in [4.78, 5) is 26.5. The summed E-state index contributed by atoms with van der Waals surface area (Å²) in [6.45, 7) is 6.35. The molecule has 2 amide bonds. The molecule has 144 valence electrons. The number of para-hydroxylation sites is 1. The lowest BCUT2D eigenvalue weighted by Crippen LogP contribution is -2.46. The van der Waals surface area contributed by atoms with Gasteiger partial charge in [-0.1, -0.05) is 32.0 Å². The lowest BCUT2D eigenvalue weighted by atomic mass is 10.0. The second-order valence-electron chi connectivity index (χ2n) is 6.77. The van der Waals surface area contributed by atoms with E-state index in [1.54, 1.807) is 18.9 Å². The number of H-pyrrole nitrogens is 1. The number of nitrogens with zero attached hydrogens (tertiary/aromatic N) is 2. The molecule has 1 aromatic heterocycles. The molecule has 1 aromatic carbocycles. The van der Waals surface area contributed by atoms with E-state index < -0.39 is 6.04 Å². The summed E-state index contributed by atoms with van der Waals surface area (Å²) in [5.74, 6) is -0.150. The van der Waals surface area contributed by atoms with Gasteiger partial charge in [0.1, 0.15) is 6.04 Å². The molecule has 0 fully saturated rings. The molecule has 0 spiro atoms. The van der Waals surface area contributed by atoms with Crippen molar-refractivity contribution in [1.29, 1.82) is 0 Å². The Kier molecular flexibility index (Phi) is 8.05. The number of nitrogens with one attached hydrogen (secondary N) is 2. The van der Waals surface area contributed by atoms with Gasteiger partial charge in [-0.05, 0) is 25.3 Å². The van der Waals surface area contributed by atoms with Crippen molar-refractivity contribution in [3.63, 3.8) is 0 Å². The van der Waals surface area contributed by atoms with Crippen LogP contribution >= 0.6 is 12.4 Å². The fraction of sp³-hybridized carbons (Fsp3) is 0.500. The van der Waals surface area contributed by atoms with Gasteiger partial charge in [-0.2, -0.15) is 5.10 Å². The molecule has 2 atom stereocenters. The van der Waals surface area contributed by atoms with Gasteiger partial charge in [0.15, 0.2) is 5.69 Å². The number of carbonyl (C=O) groups excluding carboxylic acids is 2. The molecule has 0 bridgehead atoms. The van der Waals surface area contributed by atoms with Crippen molar-refractivity contribution < 1.29 is 9.59 Å². The standard InChI is InChI=1S/C18H27N5O2.ClH/c1-11(2)14(19)9-10-23(4)18(25)12(3)20-17(24)16-13-7-5-6-8-15(13)21-22-16;/h5-8,11-12,14H,9-10,19H2,1-4H3,(H,20,24)(H,21,22);1H. The highest BCUT2D eigenvalue weighted by Crippen LogP contribution is 2.15. The highest BCUT2D eigenvalue weighted by molar-refractivity contribution is 6.05. The van der Waals surface area contributed by atoms with Crippen molar-refractivity contribution in [3.05, 3.63) is 30.0 Å². The maximum absolute atomic E-state index is 12.4. The molecule has 8 heteroatoms. The lowest BCUT2D eigenvalue weighted by Gasteiger charge is -2.24. The largest absolute Gasteiger partial charge is 0.344 e. The van der Waals surface area contributed by atoms with Crippen LogP contribution in [0.4, 0.5) is 0 Å². The number of likely N-dealkylation sites (N-methyl/N-ethyl adjacent to an activating group) is 1. The van der Waals surface area contributed by atoms with Crippen molar-refractivity contribution in [1.82, 2.24) is 20.4 Å². The van der Waals surface area contributed by atoms with Crippen molar-refractivity contribution in [2.24, 2.45) is 11.7 Å². The summed E-state index contributed by atoms with van der Waals surface area (Å²) in [7, 11) is 1.72. The number of amides is 2. The molecule has 0 aliphatic rings. The second kappa shape index (κ2) is 9.54. The third-order valence-electron chi connectivity index (χ3n) is 4.43. The number of halogens is 1. The van der Waals surface area contributed by atoms with E-state index in [0.29, 0.717) is 18.2 Å². The molecule has 0 aliphatic heterocycles. The molecular formula is C18H28ClN5O2. The number of rotatable bonds is 7. The maximum atomic E-state index is 12.4. The average molecular weight is 382 g/mol. The van der Waals surface area contributed by atoms with Crippen molar-refractivity contribution in [2.75, 3.05) is 13.6 Å². The molecular weight excluding hydrogens is 354 g/mol. The molecule has 2 rings (SSSR count). The van der Waals surface area contributed by atoms with Crippen LogP contribution in [0.1, 0.15) is 37.7 Å². The third kappa shape index (κ3) is 5.19. The van der Waals surface area contributed by atoms with Crippen LogP contribution in [0.5, 0.6) is 0 Å². The van der Waals surface area contributed by atoms with E-state index in [0.717, 1.165) is 17.3 Å². The Morgan fingerprint density at radius 1 is 1.27 bits per heavy atom. The third-order valence-corrected chi connectivity index (χ3v) is 4.43. The number of hydrogen-bond donors (Lipinski definition) is 3. The van der Waals surface area contributed by atoms with E-state index in [1.165, 1.54) is 0 Å². The monoisotopic (exact) mass is 381 g/mol. The smallest absolute Gasteiger partial charge is 0.273 e. The number of benzene rings is 1. The van der Waals surface area contributed by atoms with Gasteiger partial charge in [0, 0.05) is 25.0 Å². The average Bonchev–Trinajstić information content (AvgIpc) is 3.02. The highest BCUT2D eigenvalue weighted by Gasteiger charge is 2.22. The first kappa shape index (κ1) is 21.9. The fourth-order valence-corrected chi connectivity index (χ4v) is 2.58. The Labute approximate surface area is 160 Å². The van der Waals surface area contributed by atoms with Gasteiger partial charge in [-0.15, -0.1) is 12.4 Å². The van der Waals surface area contributed by atoms with Crippen LogP contribution in [0.3, 0.4) is 0 Å². The van der Waals surface area contributed by atoms with Gasteiger partial charge in [0.05, 0.1) is 5.52 Å². The normalized spacial score (nSPS) is 13.2. The number of nitrogens with two attached hydrogens (primary N) is 1. The zero-order valence-electron chi connectivity index (χ0n) is 15.7. The Hall–Kier alpha value is -2.12. The first-order valence-electron chi connectivity index (χ1n) is 8.55. The van der Waals surface area contributed by atoms with Gasteiger partial charge in [0.2, 0.25) is 5.91 Å². The van der Waals surface area contributed by atoms with Gasteiger partial charge in [-0.25, -0.2) is 0 Å². The fourth-order valence-electron chi connectivity index (χ4n) is 2.58. The van der Waals surface area contributed by atoms with Crippen LogP contribution in [0, 0.1) is 5.92 Å². The molecule has 4 N–H and O–H groups in total. The Bertz CT molecular complexity index is 746. The van der Waals surface area contributed by atoms with E-state index >= 15 is 0 Å². The van der Waals surface area contributed by atoms with E-state index in [-0.39, 0.29) is 30.3 Å². The predicted octanol–water partition coefficient (Wildman–Crippen LogP) is 1.93. The molecule has 2 aromatic rings. The minimum atomic E-state index is -0.636. The number of aromatic nitrogens is 2. The van der Waals surface area contributed by atoms with Gasteiger partial charge >= 0.3 is 0 Å². The number of aromatic amines is 1. The molecule has 2 unspecified atom stereocenters. The number of fused-ring (bicyclic) bond motifs is 1. The van der Waals surface area contributed by atoms with Gasteiger partial charge in [-0.3, -0.25) is 14.7 Å². The molecule has 0 radical (unpaired) electrons. The summed E-state index contributed by atoms with van der Waals surface area (Å²) in [6.07, 6.45) is 0.727. The molecule has 1 heterocycles. The Morgan fingerprint density at radius 2 is 1.92 bits per heavy atom. The zero-order valence-corrected chi connectivity index (χ0v) is 16.5.